The number of nitrogens with one attached hydrogen (secondary N) is 2. The molecule has 0 bridgehead atoms. The first-order valence-electron chi connectivity index (χ1n) is 11.8. The number of alkyl halides is 2. The summed E-state index contributed by atoms with van der Waals surface area (Å²) in [5.74, 6) is -2.30. The molecule has 3 amide bonds. The van der Waals surface area contributed by atoms with Gasteiger partial charge in [-0.05, 0) is 49.3 Å². The number of thioether (sulfide) groups is 1. The molecule has 1 aliphatic carbocycles. The number of hydrogen-bond acceptors (Lipinski definition) is 5. The third-order valence-corrected chi connectivity index (χ3v) is 7.83. The Labute approximate surface area is 197 Å². The lowest BCUT2D eigenvalue weighted by atomic mass is 9.88. The number of piperidine rings is 1. The van der Waals surface area contributed by atoms with Gasteiger partial charge in [-0.25, -0.2) is 8.78 Å². The molecule has 1 saturated carbocycles. The maximum atomic E-state index is 12.9. The Balaban J connectivity index is 1.15. The summed E-state index contributed by atoms with van der Waals surface area (Å²) in [5, 5.41) is 5.54. The van der Waals surface area contributed by atoms with E-state index in [1.807, 2.05) is 18.2 Å². The molecule has 0 spiro atoms. The van der Waals surface area contributed by atoms with E-state index in [4.69, 9.17) is 0 Å². The number of hydrogen-bond donors (Lipinski definition) is 2. The van der Waals surface area contributed by atoms with Crippen LogP contribution in [0, 0.1) is 0 Å². The monoisotopic (exact) mass is 479 g/mol. The summed E-state index contributed by atoms with van der Waals surface area (Å²) in [7, 11) is 0. The first-order chi connectivity index (χ1) is 15.8. The van der Waals surface area contributed by atoms with Crippen LogP contribution in [0.4, 0.5) is 8.78 Å². The molecular weight excluding hydrogens is 448 g/mol. The van der Waals surface area contributed by atoms with E-state index in [2.05, 4.69) is 10.6 Å². The van der Waals surface area contributed by atoms with E-state index in [9.17, 15) is 23.2 Å². The molecule has 3 aliphatic rings. The SMILES string of the molecule is O=C1CCC(N2Cc3c(SCCCCCCCNC4CC(F)(F)C4)cccc3C2=O)C(=O)N1. The Kier molecular flexibility index (Phi) is 7.69. The van der Waals surface area contributed by atoms with Crippen LogP contribution in [0.3, 0.4) is 0 Å². The first-order valence-corrected chi connectivity index (χ1v) is 12.8. The van der Waals surface area contributed by atoms with Gasteiger partial charge in [-0.3, -0.25) is 19.7 Å². The molecule has 2 fully saturated rings. The number of carbonyl (C=O) groups is 3. The molecule has 33 heavy (non-hydrogen) atoms. The molecule has 2 heterocycles. The second-order valence-corrected chi connectivity index (χ2v) is 10.4. The van der Waals surface area contributed by atoms with E-state index < -0.39 is 12.0 Å². The maximum absolute atomic E-state index is 12.9. The highest BCUT2D eigenvalue weighted by molar-refractivity contribution is 7.99. The molecule has 1 aromatic rings. The second-order valence-electron chi connectivity index (χ2n) is 9.21. The minimum atomic E-state index is -2.45. The molecule has 180 valence electrons. The fourth-order valence-electron chi connectivity index (χ4n) is 4.74. The van der Waals surface area contributed by atoms with Crippen molar-refractivity contribution in [1.82, 2.24) is 15.5 Å². The predicted molar refractivity (Wildman–Crippen MR) is 122 cm³/mol. The maximum Gasteiger partial charge on any atom is 0.255 e. The molecule has 1 aromatic carbocycles. The van der Waals surface area contributed by atoms with Gasteiger partial charge in [0, 0.05) is 42.3 Å². The number of carbonyl (C=O) groups excluding carboxylic acids is 3. The Morgan fingerprint density at radius 1 is 1.09 bits per heavy atom. The molecule has 2 aliphatic heterocycles. The molecular formula is C24H31F2N3O3S. The Morgan fingerprint density at radius 3 is 2.61 bits per heavy atom. The first kappa shape index (κ1) is 24.1. The van der Waals surface area contributed by atoms with E-state index in [0.717, 1.165) is 54.9 Å². The molecule has 2 N–H and O–H groups in total. The van der Waals surface area contributed by atoms with Gasteiger partial charge in [-0.2, -0.15) is 0 Å². The summed E-state index contributed by atoms with van der Waals surface area (Å²) in [4.78, 5) is 39.2. The molecule has 0 radical (unpaired) electrons. The van der Waals surface area contributed by atoms with Crippen molar-refractivity contribution < 1.29 is 23.2 Å². The van der Waals surface area contributed by atoms with Crippen LogP contribution in [0.2, 0.25) is 0 Å². The van der Waals surface area contributed by atoms with Gasteiger partial charge in [0.1, 0.15) is 6.04 Å². The van der Waals surface area contributed by atoms with Gasteiger partial charge in [-0.15, -0.1) is 11.8 Å². The van der Waals surface area contributed by atoms with E-state index in [1.165, 1.54) is 0 Å². The van der Waals surface area contributed by atoms with Crippen molar-refractivity contribution in [3.05, 3.63) is 29.3 Å². The Hall–Kier alpha value is -2.00. The molecule has 0 aromatic heterocycles. The summed E-state index contributed by atoms with van der Waals surface area (Å²) in [5.41, 5.74) is 1.63. The third-order valence-electron chi connectivity index (χ3n) is 6.64. The van der Waals surface area contributed by atoms with Crippen LogP contribution in [-0.2, 0) is 16.1 Å². The van der Waals surface area contributed by atoms with Crippen molar-refractivity contribution in [2.24, 2.45) is 0 Å². The summed E-state index contributed by atoms with van der Waals surface area (Å²) in [6, 6.07) is 5.13. The van der Waals surface area contributed by atoms with Crippen molar-refractivity contribution in [3.63, 3.8) is 0 Å². The van der Waals surface area contributed by atoms with Crippen molar-refractivity contribution in [1.29, 1.82) is 0 Å². The van der Waals surface area contributed by atoms with Gasteiger partial charge in [0.25, 0.3) is 11.8 Å². The summed E-state index contributed by atoms with van der Waals surface area (Å²) in [6.07, 6.45) is 6.00. The largest absolute Gasteiger partial charge is 0.322 e. The van der Waals surface area contributed by atoms with Crippen LogP contribution < -0.4 is 10.6 Å². The van der Waals surface area contributed by atoms with Crippen molar-refractivity contribution in [2.45, 2.75) is 87.2 Å². The highest BCUT2D eigenvalue weighted by Crippen LogP contribution is 2.37. The van der Waals surface area contributed by atoms with E-state index >= 15 is 0 Å². The normalized spacial score (nSPS) is 22.3. The Morgan fingerprint density at radius 2 is 1.85 bits per heavy atom. The van der Waals surface area contributed by atoms with E-state index in [-0.39, 0.29) is 43.0 Å². The number of fused-ring (bicyclic) bond motifs is 1. The molecule has 1 saturated heterocycles. The van der Waals surface area contributed by atoms with Gasteiger partial charge < -0.3 is 10.2 Å². The second kappa shape index (κ2) is 10.5. The lowest BCUT2D eigenvalue weighted by Gasteiger charge is -2.35. The highest BCUT2D eigenvalue weighted by Gasteiger charge is 2.44. The standard InChI is InChI=1S/C24H31F2N3O3S/c25-24(26)13-16(14-24)27-11-4-2-1-3-5-12-33-20-8-6-7-17-18(20)15-29(23(17)32)19-9-10-21(30)28-22(19)31/h6-8,16,19,27H,1-5,9-15H2,(H,28,30,31). The fourth-order valence-corrected chi connectivity index (χ4v) is 5.84. The quantitative estimate of drug-likeness (QED) is 0.286. The number of benzene rings is 1. The van der Waals surface area contributed by atoms with Crippen LogP contribution in [-0.4, -0.2) is 52.9 Å². The smallest absolute Gasteiger partial charge is 0.255 e. The van der Waals surface area contributed by atoms with Gasteiger partial charge in [-0.1, -0.05) is 25.3 Å². The van der Waals surface area contributed by atoms with E-state index in [0.29, 0.717) is 18.5 Å². The molecule has 1 unspecified atom stereocenters. The van der Waals surface area contributed by atoms with Crippen molar-refractivity contribution in [2.75, 3.05) is 12.3 Å². The number of halogens is 2. The van der Waals surface area contributed by atoms with Crippen LogP contribution in [0.5, 0.6) is 0 Å². The summed E-state index contributed by atoms with van der Waals surface area (Å²) in [6.45, 7) is 1.22. The number of amides is 3. The molecule has 9 heteroatoms. The van der Waals surface area contributed by atoms with Gasteiger partial charge in [0.2, 0.25) is 11.8 Å². The number of imide groups is 1. The van der Waals surface area contributed by atoms with Gasteiger partial charge in [0.05, 0.1) is 0 Å². The minimum Gasteiger partial charge on any atom is -0.322 e. The molecule has 1 atom stereocenters. The number of nitrogens with zero attached hydrogens (tertiary/aromatic N) is 1. The zero-order valence-corrected chi connectivity index (χ0v) is 19.5. The Bertz CT molecular complexity index is 903. The highest BCUT2D eigenvalue weighted by atomic mass is 32.2. The van der Waals surface area contributed by atoms with Crippen LogP contribution >= 0.6 is 11.8 Å². The van der Waals surface area contributed by atoms with Crippen LogP contribution in [0.25, 0.3) is 0 Å². The van der Waals surface area contributed by atoms with Crippen LogP contribution in [0.15, 0.2) is 23.1 Å². The number of rotatable bonds is 11. The molecule has 6 nitrogen and oxygen atoms in total. The summed E-state index contributed by atoms with van der Waals surface area (Å²) >= 11 is 1.74. The third kappa shape index (κ3) is 5.93. The predicted octanol–water partition coefficient (Wildman–Crippen LogP) is 3.88. The van der Waals surface area contributed by atoms with Crippen molar-refractivity contribution in [3.8, 4) is 0 Å². The average Bonchev–Trinajstić information content (AvgIpc) is 3.08. The summed E-state index contributed by atoms with van der Waals surface area (Å²) < 4.78 is 25.6. The molecule has 4 rings (SSSR count). The average molecular weight is 480 g/mol. The van der Waals surface area contributed by atoms with Gasteiger partial charge >= 0.3 is 0 Å². The van der Waals surface area contributed by atoms with Crippen molar-refractivity contribution >= 4 is 29.5 Å². The number of unbranched alkanes of at least 4 members (excludes halogenated alkanes) is 4. The zero-order valence-electron chi connectivity index (χ0n) is 18.7. The van der Waals surface area contributed by atoms with Gasteiger partial charge in [0.15, 0.2) is 0 Å². The lowest BCUT2D eigenvalue weighted by Crippen LogP contribution is -2.52. The lowest BCUT2D eigenvalue weighted by molar-refractivity contribution is -0.136. The van der Waals surface area contributed by atoms with E-state index in [1.54, 1.807) is 16.7 Å². The topological polar surface area (TPSA) is 78.5 Å². The minimum absolute atomic E-state index is 0.0122. The fraction of sp³-hybridized carbons (Fsp3) is 0.625. The van der Waals surface area contributed by atoms with Crippen LogP contribution in [0.1, 0.15) is 73.7 Å². The zero-order chi connectivity index (χ0) is 23.4.